The molecule has 2 aromatic carbocycles. The van der Waals surface area contributed by atoms with Crippen molar-refractivity contribution in [1.29, 1.82) is 0 Å². The molecule has 0 aliphatic heterocycles. The number of hydrogen-bond acceptors (Lipinski definition) is 2. The Kier molecular flexibility index (Phi) is 7.01. The minimum absolute atomic E-state index is 0.228. The molecule has 1 unspecified atom stereocenters. The van der Waals surface area contributed by atoms with Crippen LogP contribution in [0.1, 0.15) is 11.1 Å². The quantitative estimate of drug-likeness (QED) is 0.661. The van der Waals surface area contributed by atoms with Crippen molar-refractivity contribution in [3.63, 3.8) is 0 Å². The molecule has 0 aliphatic carbocycles. The van der Waals surface area contributed by atoms with Gasteiger partial charge in [-0.2, -0.15) is 0 Å². The van der Waals surface area contributed by atoms with Crippen LogP contribution in [-0.2, 0) is 6.54 Å². The summed E-state index contributed by atoms with van der Waals surface area (Å²) in [6.45, 7) is 3.43. The van der Waals surface area contributed by atoms with Crippen LogP contribution in [-0.4, -0.2) is 42.9 Å². The maximum absolute atomic E-state index is 10.4. The van der Waals surface area contributed by atoms with E-state index in [0.29, 0.717) is 26.1 Å². The van der Waals surface area contributed by atoms with Crippen molar-refractivity contribution >= 4 is 34.8 Å². The van der Waals surface area contributed by atoms with Gasteiger partial charge in [0.25, 0.3) is 0 Å². The molecule has 1 N–H and O–H groups in total. The number of rotatable bonds is 7. The van der Waals surface area contributed by atoms with Crippen LogP contribution in [0.15, 0.2) is 36.4 Å². The molecule has 0 heterocycles. The second-order valence-corrected chi connectivity index (χ2v) is 8.15. The molecule has 0 saturated heterocycles. The number of benzene rings is 2. The second-order valence-electron chi connectivity index (χ2n) is 6.90. The number of nitrogens with zero attached hydrogens (tertiary/aromatic N) is 1. The predicted molar refractivity (Wildman–Crippen MR) is 105 cm³/mol. The van der Waals surface area contributed by atoms with Crippen LogP contribution in [0.4, 0.5) is 0 Å². The van der Waals surface area contributed by atoms with E-state index in [-0.39, 0.29) is 6.61 Å². The van der Waals surface area contributed by atoms with Crippen LogP contribution >= 0.6 is 34.8 Å². The summed E-state index contributed by atoms with van der Waals surface area (Å²) in [4.78, 5) is 0. The van der Waals surface area contributed by atoms with Gasteiger partial charge in [-0.15, -0.1) is 0 Å². The van der Waals surface area contributed by atoms with Crippen LogP contribution in [0.25, 0.3) is 0 Å². The van der Waals surface area contributed by atoms with E-state index >= 15 is 0 Å². The fourth-order valence-electron chi connectivity index (χ4n) is 2.78. The molecule has 0 amide bonds. The van der Waals surface area contributed by atoms with E-state index in [1.165, 1.54) is 0 Å². The number of likely N-dealkylation sites (N-methyl/N-ethyl adjacent to an activating group) is 1. The van der Waals surface area contributed by atoms with Gasteiger partial charge in [0, 0.05) is 10.6 Å². The summed E-state index contributed by atoms with van der Waals surface area (Å²) in [5.74, 6) is 0.734. The molecule has 0 saturated carbocycles. The summed E-state index contributed by atoms with van der Waals surface area (Å²) in [7, 11) is 4.11. The zero-order valence-corrected chi connectivity index (χ0v) is 16.9. The lowest BCUT2D eigenvalue weighted by Crippen LogP contribution is -2.46. The predicted octanol–water partition coefficient (Wildman–Crippen LogP) is 4.97. The fourth-order valence-corrected chi connectivity index (χ4v) is 3.33. The van der Waals surface area contributed by atoms with Gasteiger partial charge in [0.15, 0.2) is 0 Å². The molecular weight excluding hydrogens is 381 g/mol. The maximum atomic E-state index is 10.4. The average Bonchev–Trinajstić information content (AvgIpc) is 2.49. The fraction of sp³-hybridized carbons (Fsp3) is 0.368. The standard InChI is InChI=1S/C19H23Cl3NO2/c1-13-8-15(20)5-7-19(13)25-12-16(24)11-23(2,3)10-14-4-6-17(21)18(22)9-14/h4-9,16,24H,10-12H2,1-3H3/q+1. The smallest absolute Gasteiger partial charge is 0.137 e. The van der Waals surface area contributed by atoms with E-state index < -0.39 is 6.10 Å². The van der Waals surface area contributed by atoms with E-state index in [1.54, 1.807) is 12.1 Å². The Morgan fingerprint density at radius 3 is 2.40 bits per heavy atom. The summed E-state index contributed by atoms with van der Waals surface area (Å²) in [6, 6.07) is 11.0. The van der Waals surface area contributed by atoms with Crippen LogP contribution in [0.3, 0.4) is 0 Å². The summed E-state index contributed by atoms with van der Waals surface area (Å²) >= 11 is 18.0. The van der Waals surface area contributed by atoms with Gasteiger partial charge in [0.05, 0.1) is 24.1 Å². The molecule has 0 bridgehead atoms. The minimum Gasteiger partial charge on any atom is -0.490 e. The summed E-state index contributed by atoms with van der Waals surface area (Å²) in [5.41, 5.74) is 2.02. The highest BCUT2D eigenvalue weighted by Crippen LogP contribution is 2.24. The molecule has 136 valence electrons. The minimum atomic E-state index is -0.590. The molecular formula is C19H23Cl3NO2+. The average molecular weight is 404 g/mol. The SMILES string of the molecule is Cc1cc(Cl)ccc1OCC(O)C[N+](C)(C)Cc1ccc(Cl)c(Cl)c1. The molecule has 3 nitrogen and oxygen atoms in total. The van der Waals surface area contributed by atoms with Crippen molar-refractivity contribution in [3.05, 3.63) is 62.6 Å². The Balaban J connectivity index is 1.91. The van der Waals surface area contributed by atoms with Gasteiger partial charge in [0.2, 0.25) is 0 Å². The molecule has 2 aromatic rings. The van der Waals surface area contributed by atoms with Gasteiger partial charge in [-0.05, 0) is 42.8 Å². The largest absolute Gasteiger partial charge is 0.490 e. The van der Waals surface area contributed by atoms with E-state index in [2.05, 4.69) is 14.1 Å². The number of halogens is 3. The Hall–Kier alpha value is -0.970. The first-order chi connectivity index (χ1) is 11.7. The third-order valence-corrected chi connectivity index (χ3v) is 4.84. The first-order valence-electron chi connectivity index (χ1n) is 7.99. The number of aliphatic hydroxyl groups is 1. The Morgan fingerprint density at radius 1 is 1.04 bits per heavy atom. The van der Waals surface area contributed by atoms with Crippen molar-refractivity contribution in [2.75, 3.05) is 27.2 Å². The molecule has 0 fully saturated rings. The van der Waals surface area contributed by atoms with Crippen LogP contribution in [0.5, 0.6) is 5.75 Å². The molecule has 0 aliphatic rings. The van der Waals surface area contributed by atoms with Crippen LogP contribution in [0.2, 0.25) is 15.1 Å². The van der Waals surface area contributed by atoms with Crippen LogP contribution in [0, 0.1) is 6.92 Å². The highest BCUT2D eigenvalue weighted by Gasteiger charge is 2.22. The van der Waals surface area contributed by atoms with Gasteiger partial charge in [0.1, 0.15) is 31.5 Å². The van der Waals surface area contributed by atoms with Crippen molar-refractivity contribution < 1.29 is 14.3 Å². The third kappa shape index (κ3) is 6.36. The highest BCUT2D eigenvalue weighted by atomic mass is 35.5. The number of aryl methyl sites for hydroxylation is 1. The van der Waals surface area contributed by atoms with Crippen LogP contribution < -0.4 is 4.74 Å². The molecule has 1 atom stereocenters. The number of quaternary nitrogens is 1. The number of aliphatic hydroxyl groups excluding tert-OH is 1. The monoisotopic (exact) mass is 402 g/mol. The van der Waals surface area contributed by atoms with Crippen molar-refractivity contribution in [2.45, 2.75) is 19.6 Å². The van der Waals surface area contributed by atoms with Gasteiger partial charge >= 0.3 is 0 Å². The van der Waals surface area contributed by atoms with Crippen molar-refractivity contribution in [2.24, 2.45) is 0 Å². The molecule has 25 heavy (non-hydrogen) atoms. The first-order valence-corrected chi connectivity index (χ1v) is 9.12. The van der Waals surface area contributed by atoms with E-state index in [4.69, 9.17) is 39.5 Å². The summed E-state index contributed by atoms with van der Waals surface area (Å²) < 4.78 is 6.33. The molecule has 0 aromatic heterocycles. The second kappa shape index (κ2) is 8.61. The lowest BCUT2D eigenvalue weighted by atomic mass is 10.2. The molecule has 0 spiro atoms. The molecule has 6 heteroatoms. The van der Waals surface area contributed by atoms with Gasteiger partial charge in [-0.1, -0.05) is 40.9 Å². The number of ether oxygens (including phenoxy) is 1. The highest BCUT2D eigenvalue weighted by molar-refractivity contribution is 6.42. The first kappa shape index (κ1) is 20.3. The maximum Gasteiger partial charge on any atom is 0.137 e. The zero-order valence-electron chi connectivity index (χ0n) is 14.6. The van der Waals surface area contributed by atoms with E-state index in [9.17, 15) is 5.11 Å². The summed E-state index contributed by atoms with van der Waals surface area (Å²) in [5, 5.41) is 12.1. The topological polar surface area (TPSA) is 29.5 Å². The normalized spacial score (nSPS) is 12.9. The van der Waals surface area contributed by atoms with Gasteiger partial charge < -0.3 is 14.3 Å². The Bertz CT molecular complexity index is 735. The summed E-state index contributed by atoms with van der Waals surface area (Å²) in [6.07, 6.45) is -0.590. The third-order valence-electron chi connectivity index (χ3n) is 3.87. The zero-order chi connectivity index (χ0) is 18.6. The Morgan fingerprint density at radius 2 is 1.76 bits per heavy atom. The van der Waals surface area contributed by atoms with E-state index in [0.717, 1.165) is 23.4 Å². The van der Waals surface area contributed by atoms with Crippen molar-refractivity contribution in [1.82, 2.24) is 0 Å². The van der Waals surface area contributed by atoms with Crippen molar-refractivity contribution in [3.8, 4) is 5.75 Å². The lowest BCUT2D eigenvalue weighted by Gasteiger charge is -2.32. The van der Waals surface area contributed by atoms with Gasteiger partial charge in [-0.3, -0.25) is 0 Å². The van der Waals surface area contributed by atoms with Gasteiger partial charge in [-0.25, -0.2) is 0 Å². The lowest BCUT2D eigenvalue weighted by molar-refractivity contribution is -0.906. The number of hydrogen-bond donors (Lipinski definition) is 1. The molecule has 0 radical (unpaired) electrons. The Labute approximate surface area is 164 Å². The van der Waals surface area contributed by atoms with E-state index in [1.807, 2.05) is 31.2 Å². The molecule has 2 rings (SSSR count).